The third-order valence-electron chi connectivity index (χ3n) is 6.93. The van der Waals surface area contributed by atoms with Gasteiger partial charge in [-0.1, -0.05) is 24.3 Å². The molecule has 6 nitrogen and oxygen atoms in total. The summed E-state index contributed by atoms with van der Waals surface area (Å²) in [6.45, 7) is 2.40. The van der Waals surface area contributed by atoms with Crippen LogP contribution >= 0.6 is 11.8 Å². The number of likely N-dealkylation sites (tertiary alicyclic amines) is 2. The number of amides is 2. The fourth-order valence-corrected chi connectivity index (χ4v) is 5.89. The number of benzene rings is 1. The molecule has 2 fully saturated rings. The van der Waals surface area contributed by atoms with E-state index in [0.29, 0.717) is 38.4 Å². The Labute approximate surface area is 175 Å². The van der Waals surface area contributed by atoms with Crippen LogP contribution in [0.4, 0.5) is 0 Å². The second-order valence-corrected chi connectivity index (χ2v) is 9.62. The quantitative estimate of drug-likeness (QED) is 0.767. The van der Waals surface area contributed by atoms with E-state index < -0.39 is 5.97 Å². The van der Waals surface area contributed by atoms with E-state index in [4.69, 9.17) is 0 Å². The van der Waals surface area contributed by atoms with Crippen molar-refractivity contribution in [1.29, 1.82) is 0 Å². The number of carboxylic acids is 1. The minimum atomic E-state index is -0.817. The van der Waals surface area contributed by atoms with Gasteiger partial charge in [0.2, 0.25) is 11.8 Å². The lowest BCUT2D eigenvalue weighted by Gasteiger charge is -2.29. The van der Waals surface area contributed by atoms with Crippen LogP contribution in [0, 0.1) is 17.3 Å². The van der Waals surface area contributed by atoms with Crippen molar-refractivity contribution in [2.45, 2.75) is 25.7 Å². The van der Waals surface area contributed by atoms with Crippen molar-refractivity contribution in [3.63, 3.8) is 0 Å². The monoisotopic (exact) mass is 416 g/mol. The van der Waals surface area contributed by atoms with Crippen LogP contribution in [0.2, 0.25) is 0 Å². The lowest BCUT2D eigenvalue weighted by Crippen LogP contribution is -2.41. The Bertz CT molecular complexity index is 804. The molecule has 7 heteroatoms. The van der Waals surface area contributed by atoms with Crippen LogP contribution in [-0.2, 0) is 27.2 Å². The molecule has 1 aromatic carbocycles. The molecule has 4 rings (SSSR count). The number of aliphatic carboxylic acids is 1. The molecule has 29 heavy (non-hydrogen) atoms. The molecule has 1 N–H and O–H groups in total. The van der Waals surface area contributed by atoms with Crippen LogP contribution in [0.15, 0.2) is 24.3 Å². The number of carbonyl (C=O) groups is 3. The average Bonchev–Trinajstić information content (AvgIpc) is 3.36. The summed E-state index contributed by atoms with van der Waals surface area (Å²) in [4.78, 5) is 40.8. The molecule has 0 spiro atoms. The molecule has 2 amide bonds. The van der Waals surface area contributed by atoms with Gasteiger partial charge in [0.15, 0.2) is 0 Å². The Morgan fingerprint density at radius 1 is 1.10 bits per heavy atom. The number of carboxylic acid groups (broad SMARTS) is 1. The Morgan fingerprint density at radius 2 is 1.72 bits per heavy atom. The SMILES string of the molecule is CSCC(=O)N1CC2CN(C(=O)C3Cc4ccccc4C3)CC2(CCC(=O)O)C1. The van der Waals surface area contributed by atoms with Gasteiger partial charge < -0.3 is 14.9 Å². The van der Waals surface area contributed by atoms with E-state index in [-0.39, 0.29) is 35.5 Å². The summed E-state index contributed by atoms with van der Waals surface area (Å²) < 4.78 is 0. The van der Waals surface area contributed by atoms with Crippen molar-refractivity contribution in [3.8, 4) is 0 Å². The van der Waals surface area contributed by atoms with E-state index in [2.05, 4.69) is 12.1 Å². The van der Waals surface area contributed by atoms with Crippen molar-refractivity contribution in [2.24, 2.45) is 17.3 Å². The zero-order valence-corrected chi connectivity index (χ0v) is 17.6. The van der Waals surface area contributed by atoms with Crippen LogP contribution in [0.3, 0.4) is 0 Å². The molecule has 2 saturated heterocycles. The topological polar surface area (TPSA) is 77.9 Å². The van der Waals surface area contributed by atoms with E-state index in [1.165, 1.54) is 22.9 Å². The van der Waals surface area contributed by atoms with Crippen LogP contribution in [-0.4, -0.2) is 70.9 Å². The van der Waals surface area contributed by atoms with Gasteiger partial charge in [-0.05, 0) is 36.6 Å². The molecular weight excluding hydrogens is 388 g/mol. The Hall–Kier alpha value is -2.02. The van der Waals surface area contributed by atoms with Crippen molar-refractivity contribution in [1.82, 2.24) is 9.80 Å². The summed E-state index contributed by atoms with van der Waals surface area (Å²) in [5, 5.41) is 9.23. The molecule has 0 saturated carbocycles. The first-order valence-corrected chi connectivity index (χ1v) is 11.7. The summed E-state index contributed by atoms with van der Waals surface area (Å²) in [6, 6.07) is 8.25. The van der Waals surface area contributed by atoms with Gasteiger partial charge in [-0.2, -0.15) is 11.8 Å². The summed E-state index contributed by atoms with van der Waals surface area (Å²) in [7, 11) is 0. The molecule has 2 aliphatic heterocycles. The van der Waals surface area contributed by atoms with Crippen LogP contribution in [0.25, 0.3) is 0 Å². The molecule has 2 atom stereocenters. The van der Waals surface area contributed by atoms with Crippen molar-refractivity contribution >= 4 is 29.5 Å². The van der Waals surface area contributed by atoms with Gasteiger partial charge in [0.1, 0.15) is 0 Å². The highest BCUT2D eigenvalue weighted by Crippen LogP contribution is 2.46. The standard InChI is InChI=1S/C22H28N2O4S/c1-29-12-19(25)23-10-18-11-24(14-22(18,13-23)7-6-20(26)27)21(28)17-8-15-4-2-3-5-16(15)9-17/h2-5,17-18H,6-14H2,1H3,(H,26,27). The zero-order valence-electron chi connectivity index (χ0n) is 16.8. The number of carbonyl (C=O) groups excluding carboxylic acids is 2. The first-order valence-electron chi connectivity index (χ1n) is 10.3. The Balaban J connectivity index is 1.46. The maximum Gasteiger partial charge on any atom is 0.303 e. The maximum absolute atomic E-state index is 13.3. The molecular formula is C22H28N2O4S. The number of rotatable bonds is 6. The fraction of sp³-hybridized carbons (Fsp3) is 0.591. The predicted molar refractivity (Wildman–Crippen MR) is 112 cm³/mol. The smallest absolute Gasteiger partial charge is 0.303 e. The highest BCUT2D eigenvalue weighted by atomic mass is 32.2. The first-order chi connectivity index (χ1) is 13.9. The second-order valence-electron chi connectivity index (χ2n) is 8.75. The Morgan fingerprint density at radius 3 is 2.34 bits per heavy atom. The summed E-state index contributed by atoms with van der Waals surface area (Å²) >= 11 is 1.51. The number of fused-ring (bicyclic) bond motifs is 2. The third kappa shape index (κ3) is 3.89. The summed E-state index contributed by atoms with van der Waals surface area (Å²) in [5.74, 6) is 0.0865. The molecule has 156 valence electrons. The largest absolute Gasteiger partial charge is 0.481 e. The van der Waals surface area contributed by atoms with Gasteiger partial charge in [-0.25, -0.2) is 0 Å². The van der Waals surface area contributed by atoms with Gasteiger partial charge in [0.25, 0.3) is 0 Å². The summed E-state index contributed by atoms with van der Waals surface area (Å²) in [5.41, 5.74) is 2.24. The van der Waals surface area contributed by atoms with Crippen LogP contribution in [0.1, 0.15) is 24.0 Å². The Kier molecular flexibility index (Phi) is 5.60. The van der Waals surface area contributed by atoms with Crippen molar-refractivity contribution in [2.75, 3.05) is 38.2 Å². The minimum Gasteiger partial charge on any atom is -0.481 e. The number of nitrogens with zero attached hydrogens (tertiary/aromatic N) is 2. The van der Waals surface area contributed by atoms with Gasteiger partial charge in [-0.15, -0.1) is 0 Å². The molecule has 3 aliphatic rings. The molecule has 1 aromatic rings. The van der Waals surface area contributed by atoms with Gasteiger partial charge in [0.05, 0.1) is 5.75 Å². The van der Waals surface area contributed by atoms with Gasteiger partial charge in [0, 0.05) is 49.9 Å². The van der Waals surface area contributed by atoms with E-state index in [1.807, 2.05) is 28.2 Å². The van der Waals surface area contributed by atoms with Crippen molar-refractivity contribution in [3.05, 3.63) is 35.4 Å². The third-order valence-corrected chi connectivity index (χ3v) is 7.46. The average molecular weight is 417 g/mol. The molecule has 0 bridgehead atoms. The molecule has 2 unspecified atom stereocenters. The van der Waals surface area contributed by atoms with Crippen molar-refractivity contribution < 1.29 is 19.5 Å². The van der Waals surface area contributed by atoms with Crippen LogP contribution in [0.5, 0.6) is 0 Å². The highest BCUT2D eigenvalue weighted by Gasteiger charge is 2.54. The zero-order chi connectivity index (χ0) is 20.6. The van der Waals surface area contributed by atoms with E-state index in [9.17, 15) is 19.5 Å². The molecule has 0 aromatic heterocycles. The molecule has 1 aliphatic carbocycles. The first kappa shape index (κ1) is 20.3. The number of hydrogen-bond donors (Lipinski definition) is 1. The molecule has 2 heterocycles. The van der Waals surface area contributed by atoms with E-state index >= 15 is 0 Å². The van der Waals surface area contributed by atoms with Gasteiger partial charge >= 0.3 is 5.97 Å². The maximum atomic E-state index is 13.3. The number of hydrogen-bond acceptors (Lipinski definition) is 4. The highest BCUT2D eigenvalue weighted by molar-refractivity contribution is 7.99. The molecule has 0 radical (unpaired) electrons. The van der Waals surface area contributed by atoms with Crippen LogP contribution < -0.4 is 0 Å². The predicted octanol–water partition coefficient (Wildman–Crippen LogP) is 1.92. The summed E-state index contributed by atoms with van der Waals surface area (Å²) in [6.07, 6.45) is 4.09. The van der Waals surface area contributed by atoms with E-state index in [1.54, 1.807) is 0 Å². The minimum absolute atomic E-state index is 0.0167. The van der Waals surface area contributed by atoms with Gasteiger partial charge in [-0.3, -0.25) is 14.4 Å². The lowest BCUT2D eigenvalue weighted by molar-refractivity contribution is -0.137. The second kappa shape index (κ2) is 8.01. The van der Waals surface area contributed by atoms with E-state index in [0.717, 1.165) is 12.8 Å². The lowest BCUT2D eigenvalue weighted by atomic mass is 9.77. The number of thioether (sulfide) groups is 1. The normalized spacial score (nSPS) is 25.9. The fourth-order valence-electron chi connectivity index (χ4n) is 5.46.